The average Bonchev–Trinajstić information content (AvgIpc) is 2.78. The summed E-state index contributed by atoms with van der Waals surface area (Å²) < 4.78 is 10.4. The highest BCUT2D eigenvalue weighted by atomic mass is 16.5. The van der Waals surface area contributed by atoms with Gasteiger partial charge in [-0.15, -0.1) is 0 Å². The van der Waals surface area contributed by atoms with Crippen LogP contribution in [-0.2, 0) is 9.53 Å². The number of hydrogen-bond donors (Lipinski definition) is 1. The second kappa shape index (κ2) is 10.2. The van der Waals surface area contributed by atoms with Gasteiger partial charge in [-0.2, -0.15) is 0 Å². The fraction of sp³-hybridized carbons (Fsp3) is 0.120. The van der Waals surface area contributed by atoms with Crippen molar-refractivity contribution in [1.29, 1.82) is 0 Å². The van der Waals surface area contributed by atoms with Crippen molar-refractivity contribution in [3.8, 4) is 5.75 Å². The molecule has 162 valence electrons. The number of anilines is 1. The zero-order valence-corrected chi connectivity index (χ0v) is 17.6. The number of hydrogen-bond acceptors (Lipinski definition) is 6. The SMILES string of the molecule is CC(=O)Nc1ccc(C(=O)OCC(=O)c2ccc(OC(=O)c3ccc(C)cc3)cc2)cc1. The molecule has 1 N–H and O–H groups in total. The van der Waals surface area contributed by atoms with Gasteiger partial charge in [0.05, 0.1) is 11.1 Å². The molecule has 0 aliphatic heterocycles. The summed E-state index contributed by atoms with van der Waals surface area (Å²) in [5.41, 5.74) is 2.58. The Labute approximate surface area is 185 Å². The fourth-order valence-corrected chi connectivity index (χ4v) is 2.76. The van der Waals surface area contributed by atoms with Crippen molar-refractivity contribution in [1.82, 2.24) is 0 Å². The predicted molar refractivity (Wildman–Crippen MR) is 118 cm³/mol. The maximum Gasteiger partial charge on any atom is 0.343 e. The smallest absolute Gasteiger partial charge is 0.343 e. The van der Waals surface area contributed by atoms with Crippen LogP contribution in [0.1, 0.15) is 43.6 Å². The van der Waals surface area contributed by atoms with Gasteiger partial charge in [0, 0.05) is 18.2 Å². The van der Waals surface area contributed by atoms with E-state index in [0.29, 0.717) is 22.6 Å². The van der Waals surface area contributed by atoms with Gasteiger partial charge >= 0.3 is 11.9 Å². The lowest BCUT2D eigenvalue weighted by Crippen LogP contribution is -2.14. The van der Waals surface area contributed by atoms with Crippen LogP contribution in [0, 0.1) is 6.92 Å². The first kappa shape index (κ1) is 22.4. The van der Waals surface area contributed by atoms with E-state index < -0.39 is 24.3 Å². The van der Waals surface area contributed by atoms with E-state index in [0.717, 1.165) is 5.56 Å². The third-order valence-electron chi connectivity index (χ3n) is 4.45. The zero-order chi connectivity index (χ0) is 23.1. The molecule has 0 radical (unpaired) electrons. The summed E-state index contributed by atoms with van der Waals surface area (Å²) in [5.74, 6) is -1.48. The molecular formula is C25H21NO6. The Morgan fingerprint density at radius 2 is 1.25 bits per heavy atom. The second-order valence-corrected chi connectivity index (χ2v) is 7.04. The summed E-state index contributed by atoms with van der Waals surface area (Å²) in [6.45, 7) is 2.87. The van der Waals surface area contributed by atoms with Crippen molar-refractivity contribution in [3.05, 3.63) is 95.1 Å². The number of Topliss-reactive ketones (excluding diaryl/α,β-unsaturated/α-hetero) is 1. The Kier molecular flexibility index (Phi) is 7.13. The van der Waals surface area contributed by atoms with E-state index in [1.165, 1.54) is 43.3 Å². The number of ketones is 1. The number of nitrogens with one attached hydrogen (secondary N) is 1. The van der Waals surface area contributed by atoms with Crippen LogP contribution in [0.3, 0.4) is 0 Å². The Morgan fingerprint density at radius 3 is 1.84 bits per heavy atom. The monoisotopic (exact) mass is 431 g/mol. The van der Waals surface area contributed by atoms with Crippen molar-refractivity contribution >= 4 is 29.3 Å². The number of amides is 1. The lowest BCUT2D eigenvalue weighted by molar-refractivity contribution is -0.114. The largest absolute Gasteiger partial charge is 0.454 e. The van der Waals surface area contributed by atoms with Gasteiger partial charge in [0.15, 0.2) is 12.4 Å². The summed E-state index contributed by atoms with van der Waals surface area (Å²) in [6, 6.07) is 19.1. The van der Waals surface area contributed by atoms with Crippen molar-refractivity contribution in [2.75, 3.05) is 11.9 Å². The Morgan fingerprint density at radius 1 is 0.719 bits per heavy atom. The maximum atomic E-state index is 12.3. The summed E-state index contributed by atoms with van der Waals surface area (Å²) in [7, 11) is 0. The molecule has 0 spiro atoms. The first-order valence-corrected chi connectivity index (χ1v) is 9.79. The van der Waals surface area contributed by atoms with Gasteiger partial charge in [0.25, 0.3) is 0 Å². The third-order valence-corrected chi connectivity index (χ3v) is 4.45. The molecule has 0 bridgehead atoms. The van der Waals surface area contributed by atoms with Crippen molar-refractivity contribution in [2.24, 2.45) is 0 Å². The molecule has 0 atom stereocenters. The average molecular weight is 431 g/mol. The number of aryl methyl sites for hydroxylation is 1. The van der Waals surface area contributed by atoms with Gasteiger partial charge in [-0.1, -0.05) is 17.7 Å². The Hall–Kier alpha value is -4.26. The molecule has 7 nitrogen and oxygen atoms in total. The number of carbonyl (C=O) groups excluding carboxylic acids is 4. The molecule has 0 saturated heterocycles. The molecule has 0 fully saturated rings. The molecule has 3 aromatic rings. The first-order valence-electron chi connectivity index (χ1n) is 9.79. The molecule has 0 saturated carbocycles. The van der Waals surface area contributed by atoms with Crippen LogP contribution in [0.15, 0.2) is 72.8 Å². The van der Waals surface area contributed by atoms with Crippen LogP contribution >= 0.6 is 0 Å². The molecule has 0 unspecified atom stereocenters. The highest BCUT2D eigenvalue weighted by molar-refractivity contribution is 5.99. The van der Waals surface area contributed by atoms with E-state index in [1.807, 2.05) is 19.1 Å². The minimum atomic E-state index is -0.656. The fourth-order valence-electron chi connectivity index (χ4n) is 2.76. The number of ether oxygens (including phenoxy) is 2. The Balaban J connectivity index is 1.53. The quantitative estimate of drug-likeness (QED) is 0.342. The minimum Gasteiger partial charge on any atom is -0.454 e. The van der Waals surface area contributed by atoms with Gasteiger partial charge in [-0.3, -0.25) is 9.59 Å². The first-order chi connectivity index (χ1) is 15.3. The second-order valence-electron chi connectivity index (χ2n) is 7.04. The molecule has 0 aromatic heterocycles. The molecule has 1 amide bonds. The van der Waals surface area contributed by atoms with Crippen molar-refractivity contribution in [2.45, 2.75) is 13.8 Å². The van der Waals surface area contributed by atoms with Crippen molar-refractivity contribution < 1.29 is 28.7 Å². The molecule has 0 aliphatic carbocycles. The molecule has 3 aromatic carbocycles. The van der Waals surface area contributed by atoms with E-state index >= 15 is 0 Å². The molecule has 0 aliphatic rings. The Bertz CT molecular complexity index is 1130. The number of rotatable bonds is 7. The van der Waals surface area contributed by atoms with E-state index in [2.05, 4.69) is 5.32 Å². The van der Waals surface area contributed by atoms with Gasteiger partial charge in [0.1, 0.15) is 5.75 Å². The van der Waals surface area contributed by atoms with Gasteiger partial charge in [0.2, 0.25) is 5.91 Å². The summed E-state index contributed by atoms with van der Waals surface area (Å²) in [4.78, 5) is 47.6. The molecule has 32 heavy (non-hydrogen) atoms. The minimum absolute atomic E-state index is 0.221. The van der Waals surface area contributed by atoms with Gasteiger partial charge in [-0.05, 0) is 67.6 Å². The maximum absolute atomic E-state index is 12.3. The van der Waals surface area contributed by atoms with E-state index in [4.69, 9.17) is 9.47 Å². The molecule has 3 rings (SSSR count). The van der Waals surface area contributed by atoms with Crippen LogP contribution in [0.4, 0.5) is 5.69 Å². The third kappa shape index (κ3) is 6.12. The van der Waals surface area contributed by atoms with E-state index in [9.17, 15) is 19.2 Å². The van der Waals surface area contributed by atoms with Crippen LogP contribution in [-0.4, -0.2) is 30.2 Å². The van der Waals surface area contributed by atoms with E-state index in [-0.39, 0.29) is 11.5 Å². The lowest BCUT2D eigenvalue weighted by Gasteiger charge is -2.07. The summed E-state index contributed by atoms with van der Waals surface area (Å²) in [5, 5.41) is 2.59. The normalized spacial score (nSPS) is 10.2. The standard InChI is InChI=1S/C25H21NO6/c1-16-3-5-20(6-4-16)25(30)32-22-13-9-18(10-14-22)23(28)15-31-24(29)19-7-11-21(12-8-19)26-17(2)27/h3-14H,15H2,1-2H3,(H,26,27). The van der Waals surface area contributed by atoms with Crippen LogP contribution in [0.5, 0.6) is 5.75 Å². The van der Waals surface area contributed by atoms with Crippen LogP contribution < -0.4 is 10.1 Å². The number of benzene rings is 3. The highest BCUT2D eigenvalue weighted by Gasteiger charge is 2.13. The topological polar surface area (TPSA) is 98.8 Å². The molecule has 0 heterocycles. The van der Waals surface area contributed by atoms with Gasteiger partial charge < -0.3 is 14.8 Å². The summed E-state index contributed by atoms with van der Waals surface area (Å²) in [6.07, 6.45) is 0. The number of esters is 2. The predicted octanol–water partition coefficient (Wildman–Crippen LogP) is 4.21. The zero-order valence-electron chi connectivity index (χ0n) is 17.6. The van der Waals surface area contributed by atoms with E-state index in [1.54, 1.807) is 24.3 Å². The summed E-state index contributed by atoms with van der Waals surface area (Å²) >= 11 is 0. The van der Waals surface area contributed by atoms with Gasteiger partial charge in [-0.25, -0.2) is 9.59 Å². The highest BCUT2D eigenvalue weighted by Crippen LogP contribution is 2.16. The molecule has 7 heteroatoms. The lowest BCUT2D eigenvalue weighted by atomic mass is 10.1. The number of carbonyl (C=O) groups is 4. The van der Waals surface area contributed by atoms with Crippen LogP contribution in [0.2, 0.25) is 0 Å². The molecular weight excluding hydrogens is 410 g/mol. The van der Waals surface area contributed by atoms with Crippen molar-refractivity contribution in [3.63, 3.8) is 0 Å². The van der Waals surface area contributed by atoms with Crippen LogP contribution in [0.25, 0.3) is 0 Å².